The average molecular weight is 244 g/mol. The standard InChI is InChI=1S/C14H13FN2O/c15-11-6-4-9(5-7-11)14(18)17-16-13-8-10-2-1-3-12(10)13/h1-2,4-7,10,12H,3,8H2,(H,17,18)/b16-13+/t10-,12-/m1/s1. The van der Waals surface area contributed by atoms with Gasteiger partial charge >= 0.3 is 0 Å². The summed E-state index contributed by atoms with van der Waals surface area (Å²) in [4.78, 5) is 11.7. The molecular weight excluding hydrogens is 231 g/mol. The second kappa shape index (κ2) is 4.37. The molecule has 2 aliphatic rings. The number of amides is 1. The molecule has 1 fully saturated rings. The fourth-order valence-electron chi connectivity index (χ4n) is 2.45. The minimum atomic E-state index is -0.350. The van der Waals surface area contributed by atoms with Crippen LogP contribution < -0.4 is 5.43 Å². The Morgan fingerprint density at radius 3 is 2.83 bits per heavy atom. The number of hydrogen-bond acceptors (Lipinski definition) is 2. The van der Waals surface area contributed by atoms with Crippen LogP contribution in [0.1, 0.15) is 23.2 Å². The molecule has 1 aromatic rings. The van der Waals surface area contributed by atoms with Crippen LogP contribution in [0.15, 0.2) is 41.5 Å². The minimum Gasteiger partial charge on any atom is -0.267 e. The van der Waals surface area contributed by atoms with Crippen LogP contribution >= 0.6 is 0 Å². The third kappa shape index (κ3) is 1.94. The molecule has 0 bridgehead atoms. The van der Waals surface area contributed by atoms with Gasteiger partial charge < -0.3 is 0 Å². The summed E-state index contributed by atoms with van der Waals surface area (Å²) in [5.74, 6) is 0.457. The first-order valence-corrected chi connectivity index (χ1v) is 6.03. The molecule has 1 saturated carbocycles. The Morgan fingerprint density at radius 1 is 1.33 bits per heavy atom. The monoisotopic (exact) mass is 244 g/mol. The number of carbonyl (C=O) groups excluding carboxylic acids is 1. The lowest BCUT2D eigenvalue weighted by Gasteiger charge is -2.31. The van der Waals surface area contributed by atoms with Gasteiger partial charge in [0.25, 0.3) is 5.91 Å². The third-order valence-electron chi connectivity index (χ3n) is 3.57. The molecule has 0 saturated heterocycles. The van der Waals surface area contributed by atoms with Crippen LogP contribution in [-0.2, 0) is 0 Å². The van der Waals surface area contributed by atoms with E-state index in [4.69, 9.17) is 0 Å². The highest BCUT2D eigenvalue weighted by Gasteiger charge is 2.37. The lowest BCUT2D eigenvalue weighted by atomic mass is 9.74. The Bertz CT molecular complexity index is 533. The predicted octanol–water partition coefficient (Wildman–Crippen LogP) is 2.51. The summed E-state index contributed by atoms with van der Waals surface area (Å²) in [5.41, 5.74) is 4.01. The summed E-state index contributed by atoms with van der Waals surface area (Å²) in [6.07, 6.45) is 6.34. The van der Waals surface area contributed by atoms with E-state index in [9.17, 15) is 9.18 Å². The summed E-state index contributed by atoms with van der Waals surface area (Å²) in [5, 5.41) is 4.15. The van der Waals surface area contributed by atoms with Gasteiger partial charge in [-0.1, -0.05) is 12.2 Å². The maximum absolute atomic E-state index is 12.7. The van der Waals surface area contributed by atoms with Crippen molar-refractivity contribution in [2.45, 2.75) is 12.8 Å². The van der Waals surface area contributed by atoms with Crippen molar-refractivity contribution in [1.82, 2.24) is 5.43 Å². The number of carbonyl (C=O) groups is 1. The largest absolute Gasteiger partial charge is 0.271 e. The van der Waals surface area contributed by atoms with Crippen LogP contribution in [-0.4, -0.2) is 11.6 Å². The smallest absolute Gasteiger partial charge is 0.267 e. The molecule has 0 heterocycles. The number of benzene rings is 1. The van der Waals surface area contributed by atoms with E-state index in [0.29, 0.717) is 17.4 Å². The second-order valence-corrected chi connectivity index (χ2v) is 4.69. The van der Waals surface area contributed by atoms with Crippen molar-refractivity contribution in [2.75, 3.05) is 0 Å². The van der Waals surface area contributed by atoms with Crippen LogP contribution in [0, 0.1) is 17.7 Å². The molecule has 2 atom stereocenters. The molecule has 0 spiro atoms. The van der Waals surface area contributed by atoms with Gasteiger partial charge in [0.05, 0.1) is 0 Å². The maximum Gasteiger partial charge on any atom is 0.271 e. The molecule has 3 rings (SSSR count). The van der Waals surface area contributed by atoms with Crippen molar-refractivity contribution >= 4 is 11.6 Å². The first-order valence-electron chi connectivity index (χ1n) is 6.03. The van der Waals surface area contributed by atoms with Crippen molar-refractivity contribution in [3.05, 3.63) is 47.8 Å². The van der Waals surface area contributed by atoms with Gasteiger partial charge in [-0.3, -0.25) is 4.79 Å². The van der Waals surface area contributed by atoms with Gasteiger partial charge in [-0.25, -0.2) is 9.82 Å². The van der Waals surface area contributed by atoms with Gasteiger partial charge in [0, 0.05) is 17.2 Å². The highest BCUT2D eigenvalue weighted by atomic mass is 19.1. The van der Waals surface area contributed by atoms with Crippen molar-refractivity contribution < 1.29 is 9.18 Å². The second-order valence-electron chi connectivity index (χ2n) is 4.69. The normalized spacial score (nSPS) is 26.8. The Kier molecular flexibility index (Phi) is 2.70. The molecule has 0 unspecified atom stereocenters. The number of nitrogens with zero attached hydrogens (tertiary/aromatic N) is 1. The lowest BCUT2D eigenvalue weighted by Crippen LogP contribution is -2.35. The first kappa shape index (κ1) is 11.1. The number of allylic oxidation sites excluding steroid dienone is 2. The van der Waals surface area contributed by atoms with Crippen molar-refractivity contribution in [2.24, 2.45) is 16.9 Å². The Morgan fingerprint density at radius 2 is 2.11 bits per heavy atom. The number of halogens is 1. The van der Waals surface area contributed by atoms with E-state index < -0.39 is 0 Å². The topological polar surface area (TPSA) is 41.5 Å². The Hall–Kier alpha value is -1.97. The molecule has 0 radical (unpaired) electrons. The molecule has 2 aliphatic carbocycles. The molecule has 0 aliphatic heterocycles. The summed E-state index contributed by atoms with van der Waals surface area (Å²) < 4.78 is 12.7. The average Bonchev–Trinajstić information content (AvgIpc) is 2.72. The fourth-order valence-corrected chi connectivity index (χ4v) is 2.45. The van der Waals surface area contributed by atoms with Gasteiger partial charge in [0.15, 0.2) is 0 Å². The van der Waals surface area contributed by atoms with Crippen LogP contribution in [0.5, 0.6) is 0 Å². The molecule has 1 N–H and O–H groups in total. The van der Waals surface area contributed by atoms with Crippen LogP contribution in [0.25, 0.3) is 0 Å². The van der Waals surface area contributed by atoms with E-state index in [-0.39, 0.29) is 11.7 Å². The van der Waals surface area contributed by atoms with E-state index in [0.717, 1.165) is 18.6 Å². The van der Waals surface area contributed by atoms with Gasteiger partial charge in [-0.15, -0.1) is 0 Å². The molecule has 92 valence electrons. The highest BCUT2D eigenvalue weighted by Crippen LogP contribution is 2.40. The van der Waals surface area contributed by atoms with Gasteiger partial charge in [-0.05, 0) is 43.0 Å². The highest BCUT2D eigenvalue weighted by molar-refractivity contribution is 5.98. The molecule has 18 heavy (non-hydrogen) atoms. The zero-order valence-corrected chi connectivity index (χ0v) is 9.77. The number of fused-ring (bicyclic) bond motifs is 1. The van der Waals surface area contributed by atoms with E-state index in [1.165, 1.54) is 24.3 Å². The zero-order chi connectivity index (χ0) is 12.5. The van der Waals surface area contributed by atoms with Crippen LogP contribution in [0.3, 0.4) is 0 Å². The van der Waals surface area contributed by atoms with E-state index >= 15 is 0 Å². The molecular formula is C14H13FN2O. The van der Waals surface area contributed by atoms with E-state index in [2.05, 4.69) is 22.7 Å². The van der Waals surface area contributed by atoms with Crippen molar-refractivity contribution in [3.8, 4) is 0 Å². The first-order chi connectivity index (χ1) is 8.74. The lowest BCUT2D eigenvalue weighted by molar-refractivity contribution is 0.0954. The predicted molar refractivity (Wildman–Crippen MR) is 66.7 cm³/mol. The molecule has 3 nitrogen and oxygen atoms in total. The van der Waals surface area contributed by atoms with Gasteiger partial charge in [-0.2, -0.15) is 5.10 Å². The van der Waals surface area contributed by atoms with E-state index in [1.807, 2.05) is 0 Å². The Labute approximate surface area is 104 Å². The number of rotatable bonds is 2. The van der Waals surface area contributed by atoms with Crippen LogP contribution in [0.4, 0.5) is 4.39 Å². The minimum absolute atomic E-state index is 0.295. The summed E-state index contributed by atoms with van der Waals surface area (Å²) in [6, 6.07) is 5.43. The molecule has 0 aromatic heterocycles. The quantitative estimate of drug-likeness (QED) is 0.630. The SMILES string of the molecule is O=C(N/N=C1\C[C@H]2C=CC[C@@H]12)c1ccc(F)cc1. The van der Waals surface area contributed by atoms with Gasteiger partial charge in [0.1, 0.15) is 5.82 Å². The molecule has 1 aromatic carbocycles. The van der Waals surface area contributed by atoms with Crippen LogP contribution in [0.2, 0.25) is 0 Å². The molecule has 1 amide bonds. The van der Waals surface area contributed by atoms with E-state index in [1.54, 1.807) is 0 Å². The number of hydrazone groups is 1. The summed E-state index contributed by atoms with van der Waals surface area (Å²) >= 11 is 0. The zero-order valence-electron chi connectivity index (χ0n) is 9.77. The Balaban J connectivity index is 1.62. The number of nitrogens with one attached hydrogen (secondary N) is 1. The summed E-state index contributed by atoms with van der Waals surface area (Å²) in [6.45, 7) is 0. The summed E-state index contributed by atoms with van der Waals surface area (Å²) in [7, 11) is 0. The maximum atomic E-state index is 12.7. The van der Waals surface area contributed by atoms with Crippen molar-refractivity contribution in [3.63, 3.8) is 0 Å². The van der Waals surface area contributed by atoms with Crippen molar-refractivity contribution in [1.29, 1.82) is 0 Å². The van der Waals surface area contributed by atoms with Gasteiger partial charge in [0.2, 0.25) is 0 Å². The molecule has 4 heteroatoms. The third-order valence-corrected chi connectivity index (χ3v) is 3.57. The number of hydrogen-bond donors (Lipinski definition) is 1. The fraction of sp³-hybridized carbons (Fsp3) is 0.286.